The Morgan fingerprint density at radius 2 is 1.83 bits per heavy atom. The molecule has 7 heteroatoms. The first-order chi connectivity index (χ1) is 14.0. The van der Waals surface area contributed by atoms with E-state index < -0.39 is 0 Å². The molecular formula is C22H19Cl2N3O2. The summed E-state index contributed by atoms with van der Waals surface area (Å²) in [5.41, 5.74) is 1.32. The molecule has 2 aromatic carbocycles. The summed E-state index contributed by atoms with van der Waals surface area (Å²) in [4.78, 5) is 20.4. The summed E-state index contributed by atoms with van der Waals surface area (Å²) in [6.45, 7) is 6.13. The number of fused-ring (bicyclic) bond motifs is 1. The van der Waals surface area contributed by atoms with E-state index in [-0.39, 0.29) is 11.7 Å². The number of benzene rings is 2. The highest BCUT2D eigenvalue weighted by atomic mass is 35.5. The van der Waals surface area contributed by atoms with Gasteiger partial charge in [-0.15, -0.1) is 0 Å². The second-order valence-electron chi connectivity index (χ2n) is 6.87. The van der Waals surface area contributed by atoms with Crippen molar-refractivity contribution < 1.29 is 9.90 Å². The van der Waals surface area contributed by atoms with Crippen molar-refractivity contribution in [2.45, 2.75) is 0 Å². The summed E-state index contributed by atoms with van der Waals surface area (Å²) in [6.07, 6.45) is 3.10. The van der Waals surface area contributed by atoms with Crippen molar-refractivity contribution in [2.24, 2.45) is 0 Å². The molecule has 1 aliphatic rings. The van der Waals surface area contributed by atoms with E-state index in [9.17, 15) is 9.90 Å². The normalized spacial score (nSPS) is 14.3. The van der Waals surface area contributed by atoms with Crippen LogP contribution < -0.4 is 4.90 Å². The summed E-state index contributed by atoms with van der Waals surface area (Å²) >= 11 is 12.5. The van der Waals surface area contributed by atoms with Crippen molar-refractivity contribution in [3.05, 3.63) is 65.3 Å². The number of nitrogens with zero attached hydrogens (tertiary/aromatic N) is 3. The minimum atomic E-state index is -0.0530. The zero-order valence-corrected chi connectivity index (χ0v) is 17.1. The second-order valence-corrected chi connectivity index (χ2v) is 7.71. The van der Waals surface area contributed by atoms with Crippen LogP contribution in [0.15, 0.2) is 55.3 Å². The molecule has 0 atom stereocenters. The quantitative estimate of drug-likeness (QED) is 0.612. The van der Waals surface area contributed by atoms with Crippen molar-refractivity contribution in [3.8, 4) is 16.9 Å². The van der Waals surface area contributed by atoms with Gasteiger partial charge in [-0.2, -0.15) is 0 Å². The first-order valence-corrected chi connectivity index (χ1v) is 9.97. The van der Waals surface area contributed by atoms with Crippen LogP contribution in [0.25, 0.3) is 21.9 Å². The standard InChI is InChI=1S/C22H19Cl2N3O2/c1-2-21(29)26-7-9-27(10-8-26)22-17-13-18(16-4-3-15(23)12-20(16)28)19(24)11-14(17)5-6-25-22/h2-6,11-13,28H,1,7-10H2. The number of hydrogen-bond donors (Lipinski definition) is 1. The number of phenols is 1. The molecule has 148 valence electrons. The van der Waals surface area contributed by atoms with Crippen molar-refractivity contribution in [1.82, 2.24) is 9.88 Å². The third-order valence-corrected chi connectivity index (χ3v) is 5.69. The number of hydrogen-bond acceptors (Lipinski definition) is 4. The van der Waals surface area contributed by atoms with E-state index in [2.05, 4.69) is 16.5 Å². The van der Waals surface area contributed by atoms with Gasteiger partial charge in [-0.05, 0) is 47.9 Å². The van der Waals surface area contributed by atoms with Gasteiger partial charge >= 0.3 is 0 Å². The number of halogens is 2. The number of piperazine rings is 1. The number of rotatable bonds is 3. The van der Waals surface area contributed by atoms with Crippen LogP contribution in [0.5, 0.6) is 5.75 Å². The Morgan fingerprint density at radius 3 is 2.52 bits per heavy atom. The third-order valence-electron chi connectivity index (χ3n) is 5.15. The highest BCUT2D eigenvalue weighted by molar-refractivity contribution is 6.34. The molecule has 2 heterocycles. The van der Waals surface area contributed by atoms with E-state index in [0.29, 0.717) is 47.4 Å². The molecule has 0 unspecified atom stereocenters. The maximum atomic E-state index is 11.8. The van der Waals surface area contributed by atoms with Crippen LogP contribution in [-0.4, -0.2) is 47.1 Å². The molecule has 0 aliphatic carbocycles. The fraction of sp³-hybridized carbons (Fsp3) is 0.182. The highest BCUT2D eigenvalue weighted by Crippen LogP contribution is 2.39. The summed E-state index contributed by atoms with van der Waals surface area (Å²) in [7, 11) is 0. The summed E-state index contributed by atoms with van der Waals surface area (Å²) < 4.78 is 0. The average molecular weight is 428 g/mol. The molecule has 0 bridgehead atoms. The van der Waals surface area contributed by atoms with Crippen LogP contribution in [0.1, 0.15) is 0 Å². The molecule has 1 N–H and O–H groups in total. The number of amides is 1. The molecule has 1 saturated heterocycles. The Kier molecular flexibility index (Phi) is 5.35. The zero-order valence-electron chi connectivity index (χ0n) is 15.6. The van der Waals surface area contributed by atoms with Gasteiger partial charge < -0.3 is 14.9 Å². The van der Waals surface area contributed by atoms with Crippen LogP contribution in [-0.2, 0) is 4.79 Å². The molecular weight excluding hydrogens is 409 g/mol. The van der Waals surface area contributed by atoms with Crippen LogP contribution in [0.3, 0.4) is 0 Å². The molecule has 0 radical (unpaired) electrons. The van der Waals surface area contributed by atoms with Crippen molar-refractivity contribution in [1.29, 1.82) is 0 Å². The molecule has 4 rings (SSSR count). The number of carbonyl (C=O) groups is 1. The van der Waals surface area contributed by atoms with Crippen molar-refractivity contribution >= 4 is 45.7 Å². The van der Waals surface area contributed by atoms with E-state index in [0.717, 1.165) is 16.6 Å². The third kappa shape index (κ3) is 3.76. The second kappa shape index (κ2) is 7.93. The summed E-state index contributed by atoms with van der Waals surface area (Å²) in [6, 6.07) is 10.7. The lowest BCUT2D eigenvalue weighted by atomic mass is 10.0. The average Bonchev–Trinajstić information content (AvgIpc) is 2.73. The first kappa shape index (κ1) is 19.6. The van der Waals surface area contributed by atoms with Gasteiger partial charge in [0, 0.05) is 58.9 Å². The maximum Gasteiger partial charge on any atom is 0.246 e. The predicted molar refractivity (Wildman–Crippen MR) is 118 cm³/mol. The molecule has 1 aliphatic heterocycles. The lowest BCUT2D eigenvalue weighted by Crippen LogP contribution is -2.48. The molecule has 5 nitrogen and oxygen atoms in total. The molecule has 1 amide bonds. The SMILES string of the molecule is C=CC(=O)N1CCN(c2nccc3cc(Cl)c(-c4ccc(Cl)cc4O)cc23)CC1. The van der Waals surface area contributed by atoms with Gasteiger partial charge in [0.05, 0.1) is 0 Å². The monoisotopic (exact) mass is 427 g/mol. The van der Waals surface area contributed by atoms with Crippen LogP contribution >= 0.6 is 23.2 Å². The van der Waals surface area contributed by atoms with E-state index in [1.165, 1.54) is 12.1 Å². The fourth-order valence-electron chi connectivity index (χ4n) is 3.64. The Balaban J connectivity index is 1.75. The molecule has 0 saturated carbocycles. The number of phenolic OH excluding ortho intramolecular Hbond substituents is 1. The lowest BCUT2D eigenvalue weighted by molar-refractivity contribution is -0.126. The predicted octanol–water partition coefficient (Wildman–Crippen LogP) is 4.75. The Morgan fingerprint density at radius 1 is 1.07 bits per heavy atom. The molecule has 3 aromatic rings. The van der Waals surface area contributed by atoms with Gasteiger partial charge in [-0.3, -0.25) is 4.79 Å². The van der Waals surface area contributed by atoms with Crippen LogP contribution in [0.4, 0.5) is 5.82 Å². The number of carbonyl (C=O) groups excluding carboxylic acids is 1. The highest BCUT2D eigenvalue weighted by Gasteiger charge is 2.22. The summed E-state index contributed by atoms with van der Waals surface area (Å²) in [5.74, 6) is 0.850. The molecule has 1 fully saturated rings. The number of pyridine rings is 1. The number of aromatic nitrogens is 1. The zero-order chi connectivity index (χ0) is 20.5. The molecule has 0 spiro atoms. The molecule has 1 aromatic heterocycles. The molecule has 29 heavy (non-hydrogen) atoms. The lowest BCUT2D eigenvalue weighted by Gasteiger charge is -2.35. The van der Waals surface area contributed by atoms with Crippen molar-refractivity contribution in [2.75, 3.05) is 31.1 Å². The van der Waals surface area contributed by atoms with E-state index in [1.54, 1.807) is 23.2 Å². The summed E-state index contributed by atoms with van der Waals surface area (Å²) in [5, 5.41) is 13.2. The van der Waals surface area contributed by atoms with Gasteiger partial charge in [0.25, 0.3) is 0 Å². The van der Waals surface area contributed by atoms with Gasteiger partial charge in [0.1, 0.15) is 11.6 Å². The van der Waals surface area contributed by atoms with Crippen LogP contribution in [0.2, 0.25) is 10.0 Å². The Labute approximate surface area is 178 Å². The first-order valence-electron chi connectivity index (χ1n) is 9.21. The van der Waals surface area contributed by atoms with E-state index >= 15 is 0 Å². The van der Waals surface area contributed by atoms with E-state index in [1.807, 2.05) is 18.2 Å². The minimum absolute atomic E-state index is 0.0530. The number of anilines is 1. The number of aromatic hydroxyl groups is 1. The Hall–Kier alpha value is -2.76. The van der Waals surface area contributed by atoms with Gasteiger partial charge in [-0.1, -0.05) is 29.8 Å². The van der Waals surface area contributed by atoms with Crippen LogP contribution in [0, 0.1) is 0 Å². The smallest absolute Gasteiger partial charge is 0.246 e. The maximum absolute atomic E-state index is 11.8. The fourth-order valence-corrected chi connectivity index (χ4v) is 4.08. The van der Waals surface area contributed by atoms with Gasteiger partial charge in [-0.25, -0.2) is 4.98 Å². The Bertz CT molecular complexity index is 1110. The van der Waals surface area contributed by atoms with E-state index in [4.69, 9.17) is 23.2 Å². The van der Waals surface area contributed by atoms with Gasteiger partial charge in [0.2, 0.25) is 5.91 Å². The minimum Gasteiger partial charge on any atom is -0.507 e. The topological polar surface area (TPSA) is 56.7 Å². The van der Waals surface area contributed by atoms with Gasteiger partial charge in [0.15, 0.2) is 0 Å². The van der Waals surface area contributed by atoms with Crippen molar-refractivity contribution in [3.63, 3.8) is 0 Å². The largest absolute Gasteiger partial charge is 0.507 e.